The Balaban J connectivity index is 0.906. The largest absolute Gasteiger partial charge is 0.458 e. The fourth-order valence-corrected chi connectivity index (χ4v) is 22.9. The maximum atomic E-state index is 15.2. The van der Waals surface area contributed by atoms with Crippen molar-refractivity contribution < 1.29 is 29.3 Å². The minimum Gasteiger partial charge on any atom is -0.458 e. The molecular formula is C74H114O6. The summed E-state index contributed by atoms with van der Waals surface area (Å²) in [4.78, 5) is 30.4. The van der Waals surface area contributed by atoms with Gasteiger partial charge in [-0.15, -0.1) is 0 Å². The second-order valence-electron chi connectivity index (χ2n) is 31.5. The van der Waals surface area contributed by atoms with Gasteiger partial charge in [-0.05, 0) is 232 Å². The van der Waals surface area contributed by atoms with Crippen LogP contribution in [0.2, 0.25) is 0 Å². The van der Waals surface area contributed by atoms with Gasteiger partial charge in [0.05, 0.1) is 26.1 Å². The number of carbonyl (C=O) groups is 2. The summed E-state index contributed by atoms with van der Waals surface area (Å²) in [5, 5.41) is 20.2. The summed E-state index contributed by atoms with van der Waals surface area (Å²) in [6.07, 6.45) is 30.9. The van der Waals surface area contributed by atoms with Gasteiger partial charge in [-0.25, -0.2) is 0 Å². The van der Waals surface area contributed by atoms with Gasteiger partial charge in [-0.3, -0.25) is 9.59 Å². The third-order valence-electron chi connectivity index (χ3n) is 27.0. The first kappa shape index (κ1) is 60.4. The molecule has 18 atom stereocenters. The van der Waals surface area contributed by atoms with Crippen molar-refractivity contribution in [2.24, 2.45) is 105 Å². The first-order valence-electron chi connectivity index (χ1n) is 34.0. The molecule has 6 heteroatoms. The summed E-state index contributed by atoms with van der Waals surface area (Å²) < 4.78 is 14.7. The van der Waals surface area contributed by atoms with Crippen LogP contribution < -0.4 is 0 Å². The second kappa shape index (κ2) is 24.3. The van der Waals surface area contributed by atoms with Gasteiger partial charge in [-0.1, -0.05) is 156 Å². The molecule has 8 saturated carbocycles. The van der Waals surface area contributed by atoms with E-state index in [1.807, 2.05) is 0 Å². The van der Waals surface area contributed by atoms with E-state index in [1.54, 1.807) is 0 Å². The standard InChI is InChI=1S/C74H114O6/c1-49(2)15-11-17-51(5)61-33-35-63-59-31-29-57-19-13-41-73(45-53-21-25-55(47-75)26-22-53,71(57,9)65(59)39-43-69(61,63)7)79-67(77)37-38-68(78)80-74(46-54-23-27-56(48-76)28-24-54)42-14-20-58-30-32-60-64-36-34-62(52(6)18-12-16-50(3)4)70(64,8)44-40-66(60)72(58,74)10/h21-28,49-52,57-66,75-76H,11-20,29-48H2,1-10H3/t51-,52-,57?,58?,59+,60+,61-,62-,63+,64+,65+,66+,69-,70-,71+,72+,73?,74?/m1/s1. The van der Waals surface area contributed by atoms with Crippen molar-refractivity contribution in [2.45, 2.75) is 273 Å². The molecule has 8 aliphatic carbocycles. The first-order valence-corrected chi connectivity index (χ1v) is 34.0. The van der Waals surface area contributed by atoms with Gasteiger partial charge in [-0.2, -0.15) is 0 Å². The molecule has 80 heavy (non-hydrogen) atoms. The van der Waals surface area contributed by atoms with Crippen molar-refractivity contribution in [1.29, 1.82) is 0 Å². The van der Waals surface area contributed by atoms with Crippen molar-refractivity contribution in [1.82, 2.24) is 0 Å². The molecule has 0 saturated heterocycles. The van der Waals surface area contributed by atoms with E-state index in [4.69, 9.17) is 9.47 Å². The molecule has 8 fully saturated rings. The average molecular weight is 1100 g/mol. The van der Waals surface area contributed by atoms with Crippen LogP contribution in [0.1, 0.15) is 258 Å². The lowest BCUT2D eigenvalue weighted by Crippen LogP contribution is -2.65. The SMILES string of the molecule is CC(C)CCC[C@@H](C)[C@H]1CC[C@H]2[C@@H]3CCC4CCCC(Cc5ccc(CO)cc5)(OC(=O)CCC(=O)OC5(Cc6ccc(CO)cc6)CCCC6CC[C@H]7[C@@H]8CC[C@H]([C@H](C)CCCC(C)C)[C@@]8(C)CC[C@@H]7[C@]65C)[C@]4(C)[C@H]3CC[C@]12C. The highest BCUT2D eigenvalue weighted by Gasteiger charge is 2.69. The molecule has 10 rings (SSSR count). The monoisotopic (exact) mass is 1100 g/mol. The van der Waals surface area contributed by atoms with Gasteiger partial charge in [0, 0.05) is 23.7 Å². The predicted octanol–water partition coefficient (Wildman–Crippen LogP) is 18.0. The van der Waals surface area contributed by atoms with Gasteiger partial charge in [0.25, 0.3) is 0 Å². The Morgan fingerprint density at radius 3 is 1.20 bits per heavy atom. The molecule has 0 spiro atoms. The number of esters is 2. The Morgan fingerprint density at radius 1 is 0.463 bits per heavy atom. The normalized spacial score (nSPS) is 40.0. The molecule has 0 amide bonds. The van der Waals surface area contributed by atoms with Crippen molar-refractivity contribution >= 4 is 11.9 Å². The van der Waals surface area contributed by atoms with Gasteiger partial charge in [0.15, 0.2) is 0 Å². The van der Waals surface area contributed by atoms with E-state index in [9.17, 15) is 10.2 Å². The number of ether oxygens (including phenoxy) is 2. The van der Waals surface area contributed by atoms with Crippen molar-refractivity contribution in [3.8, 4) is 0 Å². The van der Waals surface area contributed by atoms with Gasteiger partial charge >= 0.3 is 11.9 Å². The van der Waals surface area contributed by atoms with E-state index < -0.39 is 11.2 Å². The van der Waals surface area contributed by atoms with Crippen LogP contribution in [0.15, 0.2) is 48.5 Å². The summed E-state index contributed by atoms with van der Waals surface area (Å²) in [6.45, 7) is 25.2. The molecule has 2 N–H and O–H groups in total. The second-order valence-corrected chi connectivity index (χ2v) is 31.5. The fourth-order valence-electron chi connectivity index (χ4n) is 22.9. The Morgan fingerprint density at radius 2 is 0.838 bits per heavy atom. The number of benzene rings is 2. The minimum atomic E-state index is -0.694. The lowest BCUT2D eigenvalue weighted by atomic mass is 9.40. The summed E-state index contributed by atoms with van der Waals surface area (Å²) in [5.41, 5.74) is 3.10. The molecule has 0 aromatic heterocycles. The highest BCUT2D eigenvalue weighted by atomic mass is 16.6. The van der Waals surface area contributed by atoms with E-state index in [0.717, 1.165) is 72.3 Å². The Labute approximate surface area is 487 Å². The first-order chi connectivity index (χ1) is 38.2. The molecule has 4 unspecified atom stereocenters. The lowest BCUT2D eigenvalue weighted by molar-refractivity contribution is -0.238. The average Bonchev–Trinajstić information content (AvgIpc) is 4.10. The zero-order valence-electron chi connectivity index (χ0n) is 52.4. The molecule has 446 valence electrons. The number of hydrogen-bond acceptors (Lipinski definition) is 6. The fraction of sp³-hybridized carbons (Fsp3) is 0.811. The smallest absolute Gasteiger partial charge is 0.306 e. The molecule has 6 nitrogen and oxygen atoms in total. The topological polar surface area (TPSA) is 93.1 Å². The lowest BCUT2D eigenvalue weighted by Gasteiger charge is -2.66. The zero-order chi connectivity index (χ0) is 56.8. The number of rotatable bonds is 21. The van der Waals surface area contributed by atoms with Crippen LogP contribution in [0, 0.1) is 105 Å². The van der Waals surface area contributed by atoms with Crippen LogP contribution in [0.4, 0.5) is 0 Å². The molecule has 0 bridgehead atoms. The Kier molecular flexibility index (Phi) is 18.4. The summed E-state index contributed by atoms with van der Waals surface area (Å²) >= 11 is 0. The molecule has 0 radical (unpaired) electrons. The predicted molar refractivity (Wildman–Crippen MR) is 325 cm³/mol. The Bertz CT molecular complexity index is 2230. The third-order valence-corrected chi connectivity index (χ3v) is 27.0. The quantitative estimate of drug-likeness (QED) is 0.121. The molecule has 0 aliphatic heterocycles. The Hall–Kier alpha value is -2.70. The highest BCUT2D eigenvalue weighted by molar-refractivity contribution is 5.78. The number of fused-ring (bicyclic) bond motifs is 10. The highest BCUT2D eigenvalue weighted by Crippen LogP contribution is 2.73. The zero-order valence-corrected chi connectivity index (χ0v) is 52.4. The minimum absolute atomic E-state index is 0.00830. The van der Waals surface area contributed by atoms with Gasteiger partial charge < -0.3 is 19.7 Å². The van der Waals surface area contributed by atoms with Gasteiger partial charge in [0.1, 0.15) is 11.2 Å². The van der Waals surface area contributed by atoms with Crippen LogP contribution in [0.3, 0.4) is 0 Å². The maximum absolute atomic E-state index is 15.2. The molecule has 2 aromatic carbocycles. The van der Waals surface area contributed by atoms with E-state index in [1.165, 1.54) is 140 Å². The molecule has 2 aromatic rings. The van der Waals surface area contributed by atoms with E-state index in [0.29, 0.717) is 71.0 Å². The maximum Gasteiger partial charge on any atom is 0.306 e. The van der Waals surface area contributed by atoms with E-state index in [-0.39, 0.29) is 48.8 Å². The van der Waals surface area contributed by atoms with Crippen molar-refractivity contribution in [2.75, 3.05) is 0 Å². The van der Waals surface area contributed by atoms with Gasteiger partial charge in [0.2, 0.25) is 0 Å². The van der Waals surface area contributed by atoms with Crippen LogP contribution >= 0.6 is 0 Å². The summed E-state index contributed by atoms with van der Waals surface area (Å²) in [7, 11) is 0. The summed E-state index contributed by atoms with van der Waals surface area (Å²) in [5.74, 6) is 8.78. The van der Waals surface area contributed by atoms with Crippen LogP contribution in [0.5, 0.6) is 0 Å². The van der Waals surface area contributed by atoms with Crippen molar-refractivity contribution in [3.63, 3.8) is 0 Å². The number of carbonyl (C=O) groups excluding carboxylic acids is 2. The molecule has 0 heterocycles. The third kappa shape index (κ3) is 11.0. The summed E-state index contributed by atoms with van der Waals surface area (Å²) in [6, 6.07) is 16.9. The number of aliphatic hydroxyl groups excluding tert-OH is 2. The van der Waals surface area contributed by atoms with E-state index >= 15 is 9.59 Å². The van der Waals surface area contributed by atoms with Crippen LogP contribution in [-0.2, 0) is 45.1 Å². The van der Waals surface area contributed by atoms with Crippen LogP contribution in [-0.4, -0.2) is 33.4 Å². The number of hydrogen-bond donors (Lipinski definition) is 2. The van der Waals surface area contributed by atoms with E-state index in [2.05, 4.69) is 118 Å². The van der Waals surface area contributed by atoms with Crippen LogP contribution in [0.25, 0.3) is 0 Å². The van der Waals surface area contributed by atoms with Crippen molar-refractivity contribution in [3.05, 3.63) is 70.8 Å². The molecule has 8 aliphatic rings. The molecular weight excluding hydrogens is 985 g/mol. The number of aliphatic hydroxyl groups is 2.